The Labute approximate surface area is 149 Å². The highest BCUT2D eigenvalue weighted by Gasteiger charge is 2.29. The van der Waals surface area contributed by atoms with Gasteiger partial charge in [0.05, 0.1) is 31.1 Å². The van der Waals surface area contributed by atoms with Crippen molar-refractivity contribution in [3.05, 3.63) is 46.0 Å². The van der Waals surface area contributed by atoms with Gasteiger partial charge in [0.25, 0.3) is 5.91 Å². The van der Waals surface area contributed by atoms with Gasteiger partial charge in [0.2, 0.25) is 5.91 Å². The Morgan fingerprint density at radius 3 is 2.88 bits per heavy atom. The van der Waals surface area contributed by atoms with Crippen molar-refractivity contribution in [1.29, 1.82) is 0 Å². The average Bonchev–Trinajstić information content (AvgIpc) is 3.15. The molecule has 2 aromatic rings. The number of carbonyl (C=O) groups is 2. The van der Waals surface area contributed by atoms with Crippen LogP contribution in [-0.2, 0) is 29.2 Å². The molecule has 9 heteroatoms. The smallest absolute Gasteiger partial charge is 0.273 e. The summed E-state index contributed by atoms with van der Waals surface area (Å²) in [5.41, 5.74) is 2.80. The molecule has 0 atom stereocenters. The number of carbonyl (C=O) groups excluding carboxylic acids is 2. The van der Waals surface area contributed by atoms with E-state index < -0.39 is 0 Å². The Morgan fingerprint density at radius 1 is 1.36 bits per heavy atom. The van der Waals surface area contributed by atoms with Crippen molar-refractivity contribution in [1.82, 2.24) is 25.0 Å². The summed E-state index contributed by atoms with van der Waals surface area (Å²) in [7, 11) is 3.34. The number of rotatable bonds is 5. The van der Waals surface area contributed by atoms with Gasteiger partial charge in [-0.2, -0.15) is 5.10 Å². The first-order chi connectivity index (χ1) is 12.0. The van der Waals surface area contributed by atoms with Crippen LogP contribution in [0.15, 0.2) is 18.2 Å². The van der Waals surface area contributed by atoms with E-state index in [1.807, 2.05) is 0 Å². The largest absolute Gasteiger partial charge is 0.365 e. The Hall–Kier alpha value is -2.45. The van der Waals surface area contributed by atoms with Crippen LogP contribution in [0.5, 0.6) is 0 Å². The topological polar surface area (TPSA) is 91.4 Å². The maximum Gasteiger partial charge on any atom is 0.273 e. The molecule has 132 valence electrons. The van der Waals surface area contributed by atoms with Crippen molar-refractivity contribution < 1.29 is 14.3 Å². The second kappa shape index (κ2) is 7.20. The zero-order chi connectivity index (χ0) is 18.0. The third kappa shape index (κ3) is 3.80. The number of aromatic nitrogens is 3. The lowest BCUT2D eigenvalue weighted by atomic mass is 10.2. The zero-order valence-electron chi connectivity index (χ0n) is 14.0. The second-order valence-electron chi connectivity index (χ2n) is 5.92. The SMILES string of the molecule is CN(C)C(=O)COCc1n[nH]c2c1CN(C(=O)c1cccc(Cl)n1)C2. The highest BCUT2D eigenvalue weighted by Crippen LogP contribution is 2.25. The minimum atomic E-state index is -0.193. The van der Waals surface area contributed by atoms with E-state index in [4.69, 9.17) is 16.3 Å². The number of likely N-dealkylation sites (N-methyl/N-ethyl adjacent to an activating group) is 1. The summed E-state index contributed by atoms with van der Waals surface area (Å²) in [6.45, 7) is 1.04. The van der Waals surface area contributed by atoms with Gasteiger partial charge >= 0.3 is 0 Å². The summed E-state index contributed by atoms with van der Waals surface area (Å²) >= 11 is 5.85. The molecule has 3 heterocycles. The number of hydrogen-bond acceptors (Lipinski definition) is 5. The molecule has 0 radical (unpaired) electrons. The van der Waals surface area contributed by atoms with E-state index in [2.05, 4.69) is 15.2 Å². The average molecular weight is 364 g/mol. The first kappa shape index (κ1) is 17.4. The van der Waals surface area contributed by atoms with Crippen LogP contribution in [0.1, 0.15) is 27.4 Å². The predicted octanol–water partition coefficient (Wildman–Crippen LogP) is 1.22. The Morgan fingerprint density at radius 2 is 2.16 bits per heavy atom. The van der Waals surface area contributed by atoms with Crippen LogP contribution in [0.3, 0.4) is 0 Å². The summed E-state index contributed by atoms with van der Waals surface area (Å²) in [5, 5.41) is 7.42. The number of nitrogens with zero attached hydrogens (tertiary/aromatic N) is 4. The summed E-state index contributed by atoms with van der Waals surface area (Å²) in [5.74, 6) is -0.308. The Bertz CT molecular complexity index is 805. The van der Waals surface area contributed by atoms with Gasteiger partial charge in [-0.1, -0.05) is 17.7 Å². The first-order valence-electron chi connectivity index (χ1n) is 7.70. The van der Waals surface area contributed by atoms with Gasteiger partial charge < -0.3 is 14.5 Å². The van der Waals surface area contributed by atoms with Crippen LogP contribution >= 0.6 is 11.6 Å². The number of amides is 2. The van der Waals surface area contributed by atoms with Crippen molar-refractivity contribution in [2.75, 3.05) is 20.7 Å². The number of fused-ring (bicyclic) bond motifs is 1. The van der Waals surface area contributed by atoms with Crippen molar-refractivity contribution >= 4 is 23.4 Å². The molecular weight excluding hydrogens is 346 g/mol. The predicted molar refractivity (Wildman–Crippen MR) is 89.8 cm³/mol. The number of halogens is 1. The van der Waals surface area contributed by atoms with E-state index in [0.29, 0.717) is 24.5 Å². The van der Waals surface area contributed by atoms with Crippen LogP contribution in [0.2, 0.25) is 5.15 Å². The molecule has 2 amide bonds. The maximum atomic E-state index is 12.5. The number of pyridine rings is 1. The molecule has 1 aliphatic rings. The molecule has 0 unspecified atom stereocenters. The van der Waals surface area contributed by atoms with Gasteiger partial charge in [0, 0.05) is 19.7 Å². The van der Waals surface area contributed by atoms with Gasteiger partial charge in [0.15, 0.2) is 0 Å². The fourth-order valence-corrected chi connectivity index (χ4v) is 2.68. The first-order valence-corrected chi connectivity index (χ1v) is 8.08. The maximum absolute atomic E-state index is 12.5. The molecular formula is C16H18ClN5O3. The van der Waals surface area contributed by atoms with Crippen LogP contribution < -0.4 is 0 Å². The zero-order valence-corrected chi connectivity index (χ0v) is 14.7. The van der Waals surface area contributed by atoms with Crippen LogP contribution in [0, 0.1) is 0 Å². The monoisotopic (exact) mass is 363 g/mol. The molecule has 8 nitrogen and oxygen atoms in total. The van der Waals surface area contributed by atoms with Gasteiger partial charge in [-0.05, 0) is 12.1 Å². The molecule has 0 fully saturated rings. The molecule has 0 aliphatic carbocycles. The third-order valence-corrected chi connectivity index (χ3v) is 4.13. The normalized spacial score (nSPS) is 13.0. The summed E-state index contributed by atoms with van der Waals surface area (Å²) in [4.78, 5) is 31.3. The van der Waals surface area contributed by atoms with Crippen LogP contribution in [0.25, 0.3) is 0 Å². The standard InChI is InChI=1S/C16H18ClN5O3/c1-21(2)15(23)9-25-8-13-10-6-22(7-12(10)19-20-13)16(24)11-4-3-5-14(17)18-11/h3-5H,6-9H2,1-2H3,(H,19,20). The molecule has 25 heavy (non-hydrogen) atoms. The third-order valence-electron chi connectivity index (χ3n) is 3.92. The molecule has 2 aromatic heterocycles. The quantitative estimate of drug-likeness (QED) is 0.806. The summed E-state index contributed by atoms with van der Waals surface area (Å²) < 4.78 is 5.42. The lowest BCUT2D eigenvalue weighted by Gasteiger charge is -2.15. The molecule has 0 spiro atoms. The minimum Gasteiger partial charge on any atom is -0.365 e. The lowest BCUT2D eigenvalue weighted by Crippen LogP contribution is -2.27. The van der Waals surface area contributed by atoms with E-state index in [1.165, 1.54) is 4.90 Å². The molecule has 0 saturated carbocycles. The highest BCUT2D eigenvalue weighted by molar-refractivity contribution is 6.29. The summed E-state index contributed by atoms with van der Waals surface area (Å²) in [6, 6.07) is 4.95. The van der Waals surface area contributed by atoms with E-state index in [9.17, 15) is 9.59 Å². The van der Waals surface area contributed by atoms with Crippen LogP contribution in [0.4, 0.5) is 0 Å². The van der Waals surface area contributed by atoms with E-state index in [-0.39, 0.29) is 30.2 Å². The van der Waals surface area contributed by atoms with E-state index >= 15 is 0 Å². The number of nitrogens with one attached hydrogen (secondary N) is 1. The van der Waals surface area contributed by atoms with Crippen molar-refractivity contribution in [2.45, 2.75) is 19.7 Å². The Kier molecular flexibility index (Phi) is 5.00. The Balaban J connectivity index is 1.63. The highest BCUT2D eigenvalue weighted by atomic mass is 35.5. The molecule has 0 aromatic carbocycles. The van der Waals surface area contributed by atoms with Crippen LogP contribution in [-0.4, -0.2) is 57.5 Å². The number of hydrogen-bond donors (Lipinski definition) is 1. The van der Waals surface area contributed by atoms with Crippen molar-refractivity contribution in [2.24, 2.45) is 0 Å². The fraction of sp³-hybridized carbons (Fsp3) is 0.375. The lowest BCUT2D eigenvalue weighted by molar-refractivity contribution is -0.134. The molecule has 0 saturated heterocycles. The minimum absolute atomic E-state index is 0.0102. The van der Waals surface area contributed by atoms with Crippen molar-refractivity contribution in [3.8, 4) is 0 Å². The van der Waals surface area contributed by atoms with Gasteiger partial charge in [-0.25, -0.2) is 4.98 Å². The molecule has 0 bridgehead atoms. The molecule has 1 aliphatic heterocycles. The molecule has 3 rings (SSSR count). The summed E-state index contributed by atoms with van der Waals surface area (Å²) in [6.07, 6.45) is 0. The molecule has 1 N–H and O–H groups in total. The second-order valence-corrected chi connectivity index (χ2v) is 6.30. The number of aromatic amines is 1. The van der Waals surface area contributed by atoms with E-state index in [1.54, 1.807) is 37.2 Å². The fourth-order valence-electron chi connectivity index (χ4n) is 2.52. The number of H-pyrrole nitrogens is 1. The van der Waals surface area contributed by atoms with Crippen molar-refractivity contribution in [3.63, 3.8) is 0 Å². The number of ether oxygens (including phenoxy) is 1. The van der Waals surface area contributed by atoms with Gasteiger partial charge in [-0.3, -0.25) is 14.7 Å². The van der Waals surface area contributed by atoms with E-state index in [0.717, 1.165) is 11.3 Å². The van der Waals surface area contributed by atoms with Gasteiger partial charge in [0.1, 0.15) is 17.5 Å². The van der Waals surface area contributed by atoms with Gasteiger partial charge in [-0.15, -0.1) is 0 Å².